The summed E-state index contributed by atoms with van der Waals surface area (Å²) in [7, 11) is -3.08. The van der Waals surface area contributed by atoms with E-state index in [0.29, 0.717) is 0 Å². The van der Waals surface area contributed by atoms with Gasteiger partial charge in [-0.2, -0.15) is 0 Å². The van der Waals surface area contributed by atoms with Crippen molar-refractivity contribution in [1.29, 1.82) is 0 Å². The van der Waals surface area contributed by atoms with Crippen molar-refractivity contribution in [2.75, 3.05) is 18.6 Å². The van der Waals surface area contributed by atoms with Gasteiger partial charge in [-0.05, 0) is 17.7 Å². The van der Waals surface area contributed by atoms with Crippen LogP contribution in [0.25, 0.3) is 0 Å². The first-order chi connectivity index (χ1) is 8.37. The quantitative estimate of drug-likeness (QED) is 0.828. The molecule has 0 heterocycles. The number of amides is 2. The van der Waals surface area contributed by atoms with Crippen LogP contribution in [0.1, 0.15) is 5.56 Å². The van der Waals surface area contributed by atoms with Crippen molar-refractivity contribution in [3.05, 3.63) is 35.6 Å². The number of carbonyl (C=O) groups is 1. The smallest absolute Gasteiger partial charge is 0.315 e. The first-order valence-electron chi connectivity index (χ1n) is 5.31. The Bertz CT molecular complexity index is 500. The van der Waals surface area contributed by atoms with E-state index in [2.05, 4.69) is 10.6 Å². The zero-order chi connectivity index (χ0) is 13.6. The number of urea groups is 1. The predicted molar refractivity (Wildman–Crippen MR) is 66.3 cm³/mol. The van der Waals surface area contributed by atoms with Crippen molar-refractivity contribution in [3.63, 3.8) is 0 Å². The van der Waals surface area contributed by atoms with Crippen LogP contribution in [0.15, 0.2) is 24.3 Å². The van der Waals surface area contributed by atoms with Gasteiger partial charge >= 0.3 is 6.03 Å². The van der Waals surface area contributed by atoms with Crippen LogP contribution in [0.5, 0.6) is 0 Å². The summed E-state index contributed by atoms with van der Waals surface area (Å²) in [5.41, 5.74) is 0.759. The highest BCUT2D eigenvalue weighted by Gasteiger charge is 2.04. The lowest BCUT2D eigenvalue weighted by molar-refractivity contribution is 0.241. The second-order valence-corrected chi connectivity index (χ2v) is 6.13. The van der Waals surface area contributed by atoms with Gasteiger partial charge in [0.2, 0.25) is 0 Å². The van der Waals surface area contributed by atoms with Crippen LogP contribution in [0.2, 0.25) is 0 Å². The van der Waals surface area contributed by atoms with Crippen LogP contribution >= 0.6 is 0 Å². The maximum absolute atomic E-state index is 12.6. The molecule has 0 aromatic heterocycles. The molecule has 1 aromatic carbocycles. The molecule has 1 aromatic rings. The highest BCUT2D eigenvalue weighted by atomic mass is 32.2. The van der Waals surface area contributed by atoms with Crippen LogP contribution in [0, 0.1) is 5.82 Å². The molecule has 0 radical (unpaired) electrons. The molecule has 5 nitrogen and oxygen atoms in total. The molecule has 2 N–H and O–H groups in total. The van der Waals surface area contributed by atoms with E-state index in [1.807, 2.05) is 0 Å². The summed E-state index contributed by atoms with van der Waals surface area (Å²) in [5, 5.41) is 4.95. The Balaban J connectivity index is 2.27. The first-order valence-corrected chi connectivity index (χ1v) is 7.37. The van der Waals surface area contributed by atoms with Gasteiger partial charge in [-0.1, -0.05) is 12.1 Å². The lowest BCUT2D eigenvalue weighted by Gasteiger charge is -2.07. The van der Waals surface area contributed by atoms with Gasteiger partial charge in [0.15, 0.2) is 0 Å². The minimum absolute atomic E-state index is 0.0636. The molecule has 1 rings (SSSR count). The fourth-order valence-corrected chi connectivity index (χ4v) is 1.67. The third-order valence-electron chi connectivity index (χ3n) is 2.12. The second kappa shape index (κ2) is 6.34. The van der Waals surface area contributed by atoms with Crippen molar-refractivity contribution < 1.29 is 17.6 Å². The average Bonchev–Trinajstić information content (AvgIpc) is 2.26. The zero-order valence-electron chi connectivity index (χ0n) is 9.94. The molecule has 18 heavy (non-hydrogen) atoms. The van der Waals surface area contributed by atoms with Crippen molar-refractivity contribution in [2.45, 2.75) is 6.54 Å². The first kappa shape index (κ1) is 14.4. The number of halogens is 1. The standard InChI is InChI=1S/C11H15FN2O3S/c1-18(16,17)7-6-13-11(15)14-8-9-2-4-10(12)5-3-9/h2-5H,6-8H2,1H3,(H2,13,14,15). The van der Waals surface area contributed by atoms with Crippen molar-refractivity contribution in [2.24, 2.45) is 0 Å². The normalized spacial score (nSPS) is 11.0. The van der Waals surface area contributed by atoms with Crippen LogP contribution in [-0.2, 0) is 16.4 Å². The lowest BCUT2D eigenvalue weighted by atomic mass is 10.2. The van der Waals surface area contributed by atoms with Crippen LogP contribution < -0.4 is 10.6 Å². The van der Waals surface area contributed by atoms with Crippen molar-refractivity contribution >= 4 is 15.9 Å². The van der Waals surface area contributed by atoms with Gasteiger partial charge in [0, 0.05) is 19.3 Å². The van der Waals surface area contributed by atoms with E-state index in [1.165, 1.54) is 12.1 Å². The Morgan fingerprint density at radius 3 is 2.39 bits per heavy atom. The van der Waals surface area contributed by atoms with Crippen LogP contribution in [0.3, 0.4) is 0 Å². The molecule has 0 aliphatic carbocycles. The summed E-state index contributed by atoms with van der Waals surface area (Å²) < 4.78 is 34.2. The minimum atomic E-state index is -3.08. The van der Waals surface area contributed by atoms with Crippen molar-refractivity contribution in [1.82, 2.24) is 10.6 Å². The highest BCUT2D eigenvalue weighted by molar-refractivity contribution is 7.90. The molecule has 100 valence electrons. The van der Waals surface area contributed by atoms with E-state index in [0.717, 1.165) is 11.8 Å². The summed E-state index contributed by atoms with van der Waals surface area (Å²) in [6, 6.07) is 5.28. The summed E-state index contributed by atoms with van der Waals surface area (Å²) in [6.45, 7) is 0.319. The summed E-state index contributed by atoms with van der Waals surface area (Å²) in [5.74, 6) is -0.437. The molecule has 7 heteroatoms. The number of carbonyl (C=O) groups excluding carboxylic acids is 1. The maximum Gasteiger partial charge on any atom is 0.315 e. The molecule has 0 atom stereocenters. The molecule has 0 bridgehead atoms. The van der Waals surface area contributed by atoms with Crippen LogP contribution in [-0.4, -0.2) is 33.0 Å². The van der Waals surface area contributed by atoms with E-state index in [4.69, 9.17) is 0 Å². The number of sulfone groups is 1. The summed E-state index contributed by atoms with van der Waals surface area (Å²) >= 11 is 0. The Morgan fingerprint density at radius 2 is 1.83 bits per heavy atom. The molecule has 0 saturated carbocycles. The van der Waals surface area contributed by atoms with Gasteiger partial charge < -0.3 is 10.6 Å². The fraction of sp³-hybridized carbons (Fsp3) is 0.364. The maximum atomic E-state index is 12.6. The van der Waals surface area contributed by atoms with E-state index < -0.39 is 15.9 Å². The van der Waals surface area contributed by atoms with E-state index in [1.54, 1.807) is 12.1 Å². The van der Waals surface area contributed by atoms with Gasteiger partial charge in [0.05, 0.1) is 5.75 Å². The molecule has 0 fully saturated rings. The van der Waals surface area contributed by atoms with Gasteiger partial charge in [-0.3, -0.25) is 0 Å². The number of nitrogens with one attached hydrogen (secondary N) is 2. The number of hydrogen-bond donors (Lipinski definition) is 2. The van der Waals surface area contributed by atoms with Crippen LogP contribution in [0.4, 0.5) is 9.18 Å². The Labute approximate surface area is 105 Å². The highest BCUT2D eigenvalue weighted by Crippen LogP contribution is 2.01. The van der Waals surface area contributed by atoms with E-state index in [-0.39, 0.29) is 24.7 Å². The third kappa shape index (κ3) is 6.19. The molecular formula is C11H15FN2O3S. The summed E-state index contributed by atoms with van der Waals surface area (Å²) in [4.78, 5) is 11.3. The molecule has 0 aliphatic heterocycles. The molecule has 2 amide bonds. The minimum Gasteiger partial charge on any atom is -0.337 e. The summed E-state index contributed by atoms with van der Waals surface area (Å²) in [6.07, 6.45) is 1.10. The predicted octanol–water partition coefficient (Wildman–Crippen LogP) is 0.669. The number of rotatable bonds is 5. The Hall–Kier alpha value is -1.63. The second-order valence-electron chi connectivity index (χ2n) is 3.87. The third-order valence-corrected chi connectivity index (χ3v) is 3.07. The Kier molecular flexibility index (Phi) is 5.08. The number of hydrogen-bond acceptors (Lipinski definition) is 3. The molecule has 0 saturated heterocycles. The topological polar surface area (TPSA) is 75.3 Å². The molecule has 0 spiro atoms. The largest absolute Gasteiger partial charge is 0.337 e. The SMILES string of the molecule is CS(=O)(=O)CCNC(=O)NCc1ccc(F)cc1. The van der Waals surface area contributed by atoms with Gasteiger partial charge in [0.1, 0.15) is 15.7 Å². The monoisotopic (exact) mass is 274 g/mol. The molecule has 0 unspecified atom stereocenters. The van der Waals surface area contributed by atoms with Gasteiger partial charge in [-0.25, -0.2) is 17.6 Å². The van der Waals surface area contributed by atoms with Gasteiger partial charge in [0.25, 0.3) is 0 Å². The van der Waals surface area contributed by atoms with E-state index in [9.17, 15) is 17.6 Å². The molecule has 0 aliphatic rings. The van der Waals surface area contributed by atoms with E-state index >= 15 is 0 Å². The average molecular weight is 274 g/mol. The fourth-order valence-electron chi connectivity index (χ4n) is 1.20. The number of benzene rings is 1. The van der Waals surface area contributed by atoms with Crippen molar-refractivity contribution in [3.8, 4) is 0 Å². The van der Waals surface area contributed by atoms with Gasteiger partial charge in [-0.15, -0.1) is 0 Å². The Morgan fingerprint density at radius 1 is 1.22 bits per heavy atom. The molecular weight excluding hydrogens is 259 g/mol. The zero-order valence-corrected chi connectivity index (χ0v) is 10.8. The lowest BCUT2D eigenvalue weighted by Crippen LogP contribution is -2.37.